The number of nitrogens with zero attached hydrogens (tertiary/aromatic N) is 4. The Morgan fingerprint density at radius 3 is 2.51 bits per heavy atom. The first-order valence-corrected chi connectivity index (χ1v) is 14.1. The first kappa shape index (κ1) is 26.6. The monoisotopic (exact) mass is 550 g/mol. The number of aromatic nitrogens is 2. The topological polar surface area (TPSA) is 83.2 Å². The van der Waals surface area contributed by atoms with E-state index in [2.05, 4.69) is 22.8 Å². The summed E-state index contributed by atoms with van der Waals surface area (Å²) in [4.78, 5) is 29.4. The molecule has 0 aromatic carbocycles. The van der Waals surface area contributed by atoms with Gasteiger partial charge in [0, 0.05) is 25.0 Å². The quantitative estimate of drug-likeness (QED) is 0.567. The van der Waals surface area contributed by atoms with E-state index in [1.54, 1.807) is 0 Å². The minimum absolute atomic E-state index is 0.0417. The summed E-state index contributed by atoms with van der Waals surface area (Å²) in [5.41, 5.74) is 5.50. The Kier molecular flexibility index (Phi) is 7.13. The van der Waals surface area contributed by atoms with E-state index in [1.165, 1.54) is 41.1 Å². The average Bonchev–Trinajstić information content (AvgIpc) is 3.44. The zero-order valence-corrected chi connectivity index (χ0v) is 22.3. The fourth-order valence-electron chi connectivity index (χ4n) is 7.20. The van der Waals surface area contributed by atoms with Crippen LogP contribution >= 0.6 is 0 Å². The number of rotatable bonds is 6. The third-order valence-corrected chi connectivity index (χ3v) is 9.32. The van der Waals surface area contributed by atoms with Crippen LogP contribution in [0, 0.1) is 17.8 Å². The largest absolute Gasteiger partial charge is 0.449 e. The lowest BCUT2D eigenvalue weighted by Crippen LogP contribution is -2.50. The van der Waals surface area contributed by atoms with Crippen molar-refractivity contribution in [3.63, 3.8) is 0 Å². The van der Waals surface area contributed by atoms with E-state index in [-0.39, 0.29) is 29.8 Å². The van der Waals surface area contributed by atoms with Gasteiger partial charge in [-0.05, 0) is 62.1 Å². The number of fused-ring (bicyclic) bond motifs is 1. The summed E-state index contributed by atoms with van der Waals surface area (Å²) >= 11 is 0. The minimum Gasteiger partial charge on any atom is -0.449 e. The highest BCUT2D eigenvalue weighted by molar-refractivity contribution is 5.68. The summed E-state index contributed by atoms with van der Waals surface area (Å²) in [6, 6.07) is 0.909. The van der Waals surface area contributed by atoms with Gasteiger partial charge in [-0.2, -0.15) is 13.2 Å². The molecule has 2 aliphatic heterocycles. The summed E-state index contributed by atoms with van der Waals surface area (Å²) in [5.74, 6) is 1.43. The second kappa shape index (κ2) is 10.4. The van der Waals surface area contributed by atoms with Crippen LogP contribution in [0.1, 0.15) is 68.5 Å². The van der Waals surface area contributed by atoms with Crippen molar-refractivity contribution >= 4 is 11.6 Å². The molecule has 2 saturated carbocycles. The zero-order chi connectivity index (χ0) is 27.3. The number of carbonyl (C=O) groups is 1. The van der Waals surface area contributed by atoms with E-state index in [4.69, 9.17) is 4.74 Å². The van der Waals surface area contributed by atoms with Crippen LogP contribution in [0.5, 0.6) is 0 Å². The lowest BCUT2D eigenvalue weighted by molar-refractivity contribution is -0.136. The van der Waals surface area contributed by atoms with Crippen molar-refractivity contribution in [1.82, 2.24) is 29.6 Å². The average molecular weight is 551 g/mol. The molecule has 2 saturated heterocycles. The van der Waals surface area contributed by atoms with Gasteiger partial charge in [0.25, 0.3) is 0 Å². The van der Waals surface area contributed by atoms with Crippen LogP contribution in [0.3, 0.4) is 0 Å². The summed E-state index contributed by atoms with van der Waals surface area (Å²) in [5, 5.41) is 0. The van der Waals surface area contributed by atoms with Crippen molar-refractivity contribution in [3.05, 3.63) is 40.1 Å². The number of hydrazine groups is 1. The molecule has 4 heterocycles. The van der Waals surface area contributed by atoms with E-state index in [9.17, 15) is 22.8 Å². The predicted octanol–water partition coefficient (Wildman–Crippen LogP) is 3.93. The van der Waals surface area contributed by atoms with Crippen molar-refractivity contribution in [2.45, 2.75) is 76.3 Å². The second-order valence-corrected chi connectivity index (χ2v) is 11.8. The van der Waals surface area contributed by atoms with Crippen LogP contribution in [0.2, 0.25) is 0 Å². The van der Waals surface area contributed by atoms with Crippen molar-refractivity contribution in [2.75, 3.05) is 26.9 Å². The SMILES string of the molecule is CN1CNNC1[C@H](C1CCC1)C1CCCC(n2cc3c(C(F)(F)F)cc(CN4CCCOC4=O)cn3c2=O)C1. The molecule has 1 amide bonds. The van der Waals surface area contributed by atoms with Crippen molar-refractivity contribution in [2.24, 2.45) is 17.8 Å². The van der Waals surface area contributed by atoms with Gasteiger partial charge in [0.15, 0.2) is 0 Å². The van der Waals surface area contributed by atoms with Gasteiger partial charge in [-0.15, -0.1) is 0 Å². The molecule has 4 atom stereocenters. The number of hydrogen-bond donors (Lipinski definition) is 2. The minimum atomic E-state index is -4.64. The van der Waals surface area contributed by atoms with E-state index in [0.717, 1.165) is 42.8 Å². The highest BCUT2D eigenvalue weighted by Crippen LogP contribution is 2.47. The van der Waals surface area contributed by atoms with Crippen molar-refractivity contribution in [1.29, 1.82) is 0 Å². The van der Waals surface area contributed by atoms with Crippen LogP contribution in [-0.2, 0) is 17.5 Å². The number of amides is 1. The van der Waals surface area contributed by atoms with Gasteiger partial charge in [-0.25, -0.2) is 20.4 Å². The molecule has 2 aromatic heterocycles. The Morgan fingerprint density at radius 2 is 1.85 bits per heavy atom. The third-order valence-electron chi connectivity index (χ3n) is 9.32. The van der Waals surface area contributed by atoms with Gasteiger partial charge in [0.2, 0.25) is 0 Å². The van der Waals surface area contributed by atoms with Gasteiger partial charge in [0.05, 0.1) is 37.1 Å². The molecule has 4 fully saturated rings. The molecule has 39 heavy (non-hydrogen) atoms. The standard InChI is InChI=1S/C27H37F3N6O3/c1-33-16-31-32-24(33)23(18-5-2-6-18)19-7-3-8-20(12-19)35-15-22-21(27(28,29)30)11-17(14-36(22)25(35)37)13-34-9-4-10-39-26(34)38/h11,14-15,18-20,23-24,31-32H,2-10,12-13,16H2,1H3/t19?,20?,23-,24?/m1/s1. The number of nitrogens with one attached hydrogen (secondary N) is 2. The first-order valence-electron chi connectivity index (χ1n) is 14.1. The van der Waals surface area contributed by atoms with Crippen LogP contribution < -0.4 is 16.5 Å². The Balaban J connectivity index is 1.32. The van der Waals surface area contributed by atoms with Crippen LogP contribution in [0.4, 0.5) is 18.0 Å². The van der Waals surface area contributed by atoms with Crippen molar-refractivity contribution < 1.29 is 22.7 Å². The number of hydrogen-bond acceptors (Lipinski definition) is 6. The van der Waals surface area contributed by atoms with Crippen LogP contribution in [0.25, 0.3) is 5.52 Å². The molecular weight excluding hydrogens is 513 g/mol. The molecule has 0 spiro atoms. The number of carbonyl (C=O) groups excluding carboxylic acids is 1. The fraction of sp³-hybridized carbons (Fsp3) is 0.704. The molecule has 214 valence electrons. The molecule has 0 bridgehead atoms. The number of pyridine rings is 1. The smallest absolute Gasteiger partial charge is 0.418 e. The van der Waals surface area contributed by atoms with Gasteiger partial charge >= 0.3 is 18.0 Å². The van der Waals surface area contributed by atoms with Gasteiger partial charge in [-0.3, -0.25) is 13.9 Å². The number of alkyl halides is 3. The zero-order valence-electron chi connectivity index (χ0n) is 22.3. The molecule has 2 N–H and O–H groups in total. The third kappa shape index (κ3) is 5.06. The normalized spacial score (nSPS) is 28.1. The molecule has 2 aromatic rings. The first-order chi connectivity index (χ1) is 18.7. The maximum Gasteiger partial charge on any atom is 0.418 e. The van der Waals surface area contributed by atoms with Gasteiger partial charge in [-0.1, -0.05) is 25.7 Å². The van der Waals surface area contributed by atoms with E-state index in [0.29, 0.717) is 37.3 Å². The fourth-order valence-corrected chi connectivity index (χ4v) is 7.20. The molecular formula is C27H37F3N6O3. The highest BCUT2D eigenvalue weighted by Gasteiger charge is 2.44. The lowest BCUT2D eigenvalue weighted by Gasteiger charge is -2.46. The van der Waals surface area contributed by atoms with Crippen LogP contribution in [0.15, 0.2) is 23.3 Å². The number of imidazole rings is 1. The Hall–Kier alpha value is -2.57. The number of cyclic esters (lactones) is 1. The molecule has 0 radical (unpaired) electrons. The maximum atomic E-state index is 14.2. The van der Waals surface area contributed by atoms with E-state index < -0.39 is 23.5 Å². The Bertz CT molecular complexity index is 1270. The summed E-state index contributed by atoms with van der Waals surface area (Å²) in [6.45, 7) is 1.43. The molecule has 6 rings (SSSR count). The van der Waals surface area contributed by atoms with E-state index >= 15 is 0 Å². The Labute approximate surface area is 225 Å². The van der Waals surface area contributed by atoms with Crippen LogP contribution in [-0.4, -0.2) is 57.9 Å². The predicted molar refractivity (Wildman–Crippen MR) is 138 cm³/mol. The number of halogens is 3. The van der Waals surface area contributed by atoms with Gasteiger partial charge in [0.1, 0.15) is 0 Å². The molecule has 2 aliphatic carbocycles. The molecule has 4 aliphatic rings. The van der Waals surface area contributed by atoms with Crippen molar-refractivity contribution in [3.8, 4) is 0 Å². The maximum absolute atomic E-state index is 14.2. The number of ether oxygens (including phenoxy) is 1. The summed E-state index contributed by atoms with van der Waals surface area (Å²) < 4.78 is 50.3. The molecule has 9 nitrogen and oxygen atoms in total. The van der Waals surface area contributed by atoms with E-state index in [1.807, 2.05) is 0 Å². The second-order valence-electron chi connectivity index (χ2n) is 11.8. The lowest BCUT2D eigenvalue weighted by atomic mass is 9.65. The summed E-state index contributed by atoms with van der Waals surface area (Å²) in [6.07, 6.45) is 5.69. The molecule has 3 unspecified atom stereocenters. The Morgan fingerprint density at radius 1 is 1.08 bits per heavy atom. The summed E-state index contributed by atoms with van der Waals surface area (Å²) in [7, 11) is 2.11. The highest BCUT2D eigenvalue weighted by atomic mass is 19.4. The molecule has 12 heteroatoms. The van der Waals surface area contributed by atoms with Gasteiger partial charge < -0.3 is 9.64 Å².